The van der Waals surface area contributed by atoms with E-state index < -0.39 is 53.5 Å². The molecular weight excluding hydrogens is 500 g/mol. The standard InChI is InChI=1S/C29H52N4O6/c1-12-13-14-30-25(35)22(18(4)5)31-26(36)23-19(16-21(34)32(23)11)24-20(15-17(2)3)33(29(9,10)38-24)27(37)39-28(6,7)8/h17-20,22-24H,12-16H2,1-11H3,(H,30,35)(H,31,36)/t19-,20-,22-,23-,24-/m0/s1. The second-order valence-electron chi connectivity index (χ2n) is 13.3. The van der Waals surface area contributed by atoms with E-state index >= 15 is 0 Å². The second-order valence-corrected chi connectivity index (χ2v) is 13.3. The molecule has 0 aliphatic carbocycles. The summed E-state index contributed by atoms with van der Waals surface area (Å²) in [5.41, 5.74) is -1.69. The van der Waals surface area contributed by atoms with Crippen LogP contribution in [0.4, 0.5) is 4.79 Å². The van der Waals surface area contributed by atoms with Gasteiger partial charge < -0.3 is 25.0 Å². The van der Waals surface area contributed by atoms with Crippen molar-refractivity contribution in [3.05, 3.63) is 0 Å². The molecule has 4 amide bonds. The molecule has 2 saturated heterocycles. The first kappa shape index (κ1) is 32.8. The van der Waals surface area contributed by atoms with Crippen molar-refractivity contribution in [3.63, 3.8) is 0 Å². The Hall–Kier alpha value is -2.36. The number of unbranched alkanes of at least 4 members (excludes halogenated alkanes) is 1. The van der Waals surface area contributed by atoms with E-state index in [1.807, 2.05) is 55.4 Å². The lowest BCUT2D eigenvalue weighted by atomic mass is 9.85. The average Bonchev–Trinajstić information content (AvgIpc) is 3.21. The highest BCUT2D eigenvalue weighted by molar-refractivity contribution is 5.94. The number of ether oxygens (including phenoxy) is 2. The second kappa shape index (κ2) is 12.9. The van der Waals surface area contributed by atoms with Crippen molar-refractivity contribution in [1.29, 1.82) is 0 Å². The van der Waals surface area contributed by atoms with Crippen molar-refractivity contribution in [1.82, 2.24) is 20.4 Å². The number of likely N-dealkylation sites (tertiary alicyclic amines) is 1. The first-order valence-electron chi connectivity index (χ1n) is 14.4. The predicted molar refractivity (Wildman–Crippen MR) is 150 cm³/mol. The third-order valence-electron chi connectivity index (χ3n) is 7.41. The Bertz CT molecular complexity index is 897. The summed E-state index contributed by atoms with van der Waals surface area (Å²) in [5, 5.41) is 5.83. The van der Waals surface area contributed by atoms with E-state index in [-0.39, 0.29) is 30.1 Å². The summed E-state index contributed by atoms with van der Waals surface area (Å²) in [7, 11) is 1.61. The molecule has 2 N–H and O–H groups in total. The third kappa shape index (κ3) is 8.08. The van der Waals surface area contributed by atoms with Crippen LogP contribution < -0.4 is 10.6 Å². The molecule has 2 rings (SSSR count). The summed E-state index contributed by atoms with van der Waals surface area (Å²) in [6.45, 7) is 19.6. The van der Waals surface area contributed by atoms with E-state index in [0.717, 1.165) is 12.8 Å². The van der Waals surface area contributed by atoms with Crippen LogP contribution in [0.3, 0.4) is 0 Å². The van der Waals surface area contributed by atoms with Gasteiger partial charge in [-0.15, -0.1) is 0 Å². The van der Waals surface area contributed by atoms with Crippen LogP contribution in [0.25, 0.3) is 0 Å². The Morgan fingerprint density at radius 1 is 1.15 bits per heavy atom. The fraction of sp³-hybridized carbons (Fsp3) is 0.862. The number of rotatable bonds is 10. The lowest BCUT2D eigenvalue weighted by Crippen LogP contribution is -2.57. The van der Waals surface area contributed by atoms with Gasteiger partial charge in [0.1, 0.15) is 23.4 Å². The van der Waals surface area contributed by atoms with Gasteiger partial charge in [-0.25, -0.2) is 4.79 Å². The summed E-state index contributed by atoms with van der Waals surface area (Å²) in [5.74, 6) is -1.22. The van der Waals surface area contributed by atoms with E-state index in [9.17, 15) is 19.2 Å². The van der Waals surface area contributed by atoms with Gasteiger partial charge in [0.25, 0.3) is 0 Å². The maximum atomic E-state index is 13.8. The zero-order valence-electron chi connectivity index (χ0n) is 25.9. The van der Waals surface area contributed by atoms with Crippen LogP contribution in [0.2, 0.25) is 0 Å². The Morgan fingerprint density at radius 2 is 1.77 bits per heavy atom. The molecule has 0 radical (unpaired) electrons. The van der Waals surface area contributed by atoms with Crippen molar-refractivity contribution in [2.24, 2.45) is 17.8 Å². The molecule has 10 nitrogen and oxygen atoms in total. The summed E-state index contributed by atoms with van der Waals surface area (Å²) in [4.78, 5) is 56.1. The number of carbonyl (C=O) groups excluding carboxylic acids is 4. The summed E-state index contributed by atoms with van der Waals surface area (Å²) >= 11 is 0. The summed E-state index contributed by atoms with van der Waals surface area (Å²) in [6, 6.07) is -1.96. The van der Waals surface area contributed by atoms with Crippen LogP contribution >= 0.6 is 0 Å². The molecule has 5 atom stereocenters. The largest absolute Gasteiger partial charge is 0.444 e. The van der Waals surface area contributed by atoms with Gasteiger partial charge >= 0.3 is 6.09 Å². The molecule has 0 unspecified atom stereocenters. The highest BCUT2D eigenvalue weighted by Crippen LogP contribution is 2.43. The van der Waals surface area contributed by atoms with Crippen LogP contribution in [0.1, 0.15) is 94.9 Å². The number of amides is 4. The first-order chi connectivity index (χ1) is 17.9. The van der Waals surface area contributed by atoms with Crippen LogP contribution in [0, 0.1) is 17.8 Å². The minimum Gasteiger partial charge on any atom is -0.444 e. The van der Waals surface area contributed by atoms with Gasteiger partial charge in [0.05, 0.1) is 12.1 Å². The van der Waals surface area contributed by atoms with E-state index in [1.54, 1.807) is 11.9 Å². The molecule has 2 aliphatic rings. The average molecular weight is 553 g/mol. The predicted octanol–water partition coefficient (Wildman–Crippen LogP) is 3.68. The van der Waals surface area contributed by atoms with Gasteiger partial charge in [-0.05, 0) is 59.3 Å². The molecule has 0 aromatic carbocycles. The van der Waals surface area contributed by atoms with E-state index in [2.05, 4.69) is 24.5 Å². The van der Waals surface area contributed by atoms with E-state index in [1.165, 1.54) is 4.90 Å². The molecule has 2 fully saturated rings. The molecule has 0 spiro atoms. The highest BCUT2D eigenvalue weighted by atomic mass is 16.6. The number of hydrogen-bond donors (Lipinski definition) is 2. The van der Waals surface area contributed by atoms with Gasteiger partial charge in [-0.1, -0.05) is 41.0 Å². The maximum absolute atomic E-state index is 13.8. The van der Waals surface area contributed by atoms with Crippen LogP contribution in [0.15, 0.2) is 0 Å². The zero-order valence-corrected chi connectivity index (χ0v) is 25.9. The van der Waals surface area contributed by atoms with E-state index in [0.29, 0.717) is 13.0 Å². The molecule has 0 aromatic rings. The SMILES string of the molecule is CCCCNC(=O)[C@@H](NC(=O)[C@@H]1[C@@H]([C@@H]2OC(C)(C)N(C(=O)OC(C)(C)C)[C@H]2CC(C)C)CC(=O)N1C)C(C)C. The molecular formula is C29H52N4O6. The Balaban J connectivity index is 2.39. The Morgan fingerprint density at radius 3 is 2.28 bits per heavy atom. The Labute approximate surface area is 234 Å². The molecule has 224 valence electrons. The van der Waals surface area contributed by atoms with Crippen LogP contribution in [0.5, 0.6) is 0 Å². The fourth-order valence-corrected chi connectivity index (χ4v) is 5.61. The number of carbonyl (C=O) groups is 4. The van der Waals surface area contributed by atoms with Gasteiger partial charge in [-0.3, -0.25) is 19.3 Å². The molecule has 0 aromatic heterocycles. The lowest BCUT2D eigenvalue weighted by molar-refractivity contribution is -0.137. The summed E-state index contributed by atoms with van der Waals surface area (Å²) < 4.78 is 12.3. The highest BCUT2D eigenvalue weighted by Gasteiger charge is 2.58. The number of nitrogens with one attached hydrogen (secondary N) is 2. The zero-order chi connectivity index (χ0) is 29.9. The van der Waals surface area contributed by atoms with Crippen molar-refractivity contribution in [3.8, 4) is 0 Å². The molecule has 0 bridgehead atoms. The van der Waals surface area contributed by atoms with Gasteiger partial charge in [0.15, 0.2) is 0 Å². The van der Waals surface area contributed by atoms with Gasteiger partial charge in [0.2, 0.25) is 17.7 Å². The van der Waals surface area contributed by atoms with Gasteiger partial charge in [0, 0.05) is 25.9 Å². The minimum atomic E-state index is -1.00. The Kier molecular flexibility index (Phi) is 10.8. The lowest BCUT2D eigenvalue weighted by Gasteiger charge is -2.36. The number of likely N-dealkylation sites (N-methyl/N-ethyl adjacent to an activating group) is 1. The maximum Gasteiger partial charge on any atom is 0.412 e. The van der Waals surface area contributed by atoms with Crippen LogP contribution in [-0.4, -0.2) is 82.8 Å². The molecule has 2 heterocycles. The molecule has 10 heteroatoms. The molecule has 2 aliphatic heterocycles. The minimum absolute atomic E-state index is 0.112. The quantitative estimate of drug-likeness (QED) is 0.400. The van der Waals surface area contributed by atoms with Crippen molar-refractivity contribution >= 4 is 23.8 Å². The topological polar surface area (TPSA) is 117 Å². The van der Waals surface area contributed by atoms with Crippen molar-refractivity contribution < 1.29 is 28.7 Å². The first-order valence-corrected chi connectivity index (χ1v) is 14.4. The fourth-order valence-electron chi connectivity index (χ4n) is 5.61. The number of nitrogens with zero attached hydrogens (tertiary/aromatic N) is 2. The van der Waals surface area contributed by atoms with E-state index in [4.69, 9.17) is 9.47 Å². The molecule has 39 heavy (non-hydrogen) atoms. The smallest absolute Gasteiger partial charge is 0.412 e. The van der Waals surface area contributed by atoms with Crippen molar-refractivity contribution in [2.45, 2.75) is 130 Å². The van der Waals surface area contributed by atoms with Crippen LogP contribution in [-0.2, 0) is 23.9 Å². The normalized spacial score (nSPS) is 25.8. The molecule has 0 saturated carbocycles. The number of hydrogen-bond acceptors (Lipinski definition) is 6. The summed E-state index contributed by atoms with van der Waals surface area (Å²) in [6.07, 6.45) is 1.47. The third-order valence-corrected chi connectivity index (χ3v) is 7.41. The monoisotopic (exact) mass is 552 g/mol. The van der Waals surface area contributed by atoms with Crippen molar-refractivity contribution in [2.75, 3.05) is 13.6 Å². The van der Waals surface area contributed by atoms with Gasteiger partial charge in [-0.2, -0.15) is 0 Å².